The maximum absolute atomic E-state index is 12.9. The van der Waals surface area contributed by atoms with Gasteiger partial charge in [0.2, 0.25) is 0 Å². The average molecular weight is 338 g/mol. The lowest BCUT2D eigenvalue weighted by Gasteiger charge is -2.17. The van der Waals surface area contributed by atoms with Crippen molar-refractivity contribution >= 4 is 15.9 Å². The van der Waals surface area contributed by atoms with E-state index in [9.17, 15) is 26.4 Å². The van der Waals surface area contributed by atoms with E-state index >= 15 is 0 Å². The van der Waals surface area contributed by atoms with Crippen molar-refractivity contribution in [3.63, 3.8) is 0 Å². The van der Waals surface area contributed by atoms with Crippen molar-refractivity contribution < 1.29 is 30.8 Å². The molecule has 1 aromatic rings. The van der Waals surface area contributed by atoms with Gasteiger partial charge in [-0.1, -0.05) is 6.92 Å². The highest BCUT2D eigenvalue weighted by Crippen LogP contribution is 2.35. The molecule has 0 aromatic carbocycles. The van der Waals surface area contributed by atoms with E-state index in [0.717, 1.165) is 0 Å². The van der Waals surface area contributed by atoms with Gasteiger partial charge in [0.05, 0.1) is 6.04 Å². The van der Waals surface area contributed by atoms with Gasteiger partial charge in [-0.25, -0.2) is 13.1 Å². The van der Waals surface area contributed by atoms with Gasteiger partial charge in [-0.05, 0) is 25.5 Å². The zero-order valence-electron chi connectivity index (χ0n) is 11.6. The third kappa shape index (κ3) is 2.96. The number of carbonyl (C=O) groups excluding carboxylic acids is 1. The lowest BCUT2D eigenvalue weighted by atomic mass is 10.1. The number of carbonyl (C=O) groups is 1. The van der Waals surface area contributed by atoms with Crippen LogP contribution in [0.1, 0.15) is 30.9 Å². The SMILES string of the molecule is CC[C@@H](NC1=C(C(F)(F)F)S(=O)(=O)NC1=O)c1ccc(C)o1. The number of alkyl halides is 3. The van der Waals surface area contributed by atoms with E-state index in [1.165, 1.54) is 4.72 Å². The van der Waals surface area contributed by atoms with Gasteiger partial charge in [-0.2, -0.15) is 13.2 Å². The molecule has 1 amide bonds. The number of halogens is 3. The molecule has 0 spiro atoms. The summed E-state index contributed by atoms with van der Waals surface area (Å²) >= 11 is 0. The summed E-state index contributed by atoms with van der Waals surface area (Å²) in [5.41, 5.74) is -1.02. The minimum atomic E-state index is -5.18. The fourth-order valence-corrected chi connectivity index (χ4v) is 3.25. The second-order valence-electron chi connectivity index (χ2n) is 4.69. The van der Waals surface area contributed by atoms with E-state index in [1.54, 1.807) is 26.0 Å². The number of rotatable bonds is 4. The maximum atomic E-state index is 12.9. The van der Waals surface area contributed by atoms with Crippen LogP contribution in [0, 0.1) is 6.92 Å². The van der Waals surface area contributed by atoms with E-state index in [4.69, 9.17) is 4.42 Å². The largest absolute Gasteiger partial charge is 0.464 e. The number of nitrogens with one attached hydrogen (secondary N) is 2. The van der Waals surface area contributed by atoms with Crippen LogP contribution in [0.4, 0.5) is 13.2 Å². The lowest BCUT2D eigenvalue weighted by Crippen LogP contribution is -2.29. The number of sulfonamides is 1. The number of allylic oxidation sites excluding steroid dienone is 1. The standard InChI is InChI=1S/C12H13F3N2O4S/c1-3-7(8-5-4-6(2)21-8)16-9-10(12(13,14)15)22(19,20)17-11(9)18/h4-5,7,16H,3H2,1-2H3,(H,17,18)/t7-/m1/s1. The number of hydrogen-bond donors (Lipinski definition) is 2. The first-order chi connectivity index (χ1) is 10.1. The molecule has 0 saturated carbocycles. The molecule has 10 heteroatoms. The Balaban J connectivity index is 2.46. The molecule has 1 atom stereocenters. The molecule has 0 aliphatic carbocycles. The Bertz CT molecular complexity index is 734. The van der Waals surface area contributed by atoms with E-state index in [-0.39, 0.29) is 6.42 Å². The fraction of sp³-hybridized carbons (Fsp3) is 0.417. The van der Waals surface area contributed by atoms with Crippen LogP contribution < -0.4 is 10.0 Å². The van der Waals surface area contributed by atoms with Crippen LogP contribution in [0.3, 0.4) is 0 Å². The second-order valence-corrected chi connectivity index (χ2v) is 6.31. The van der Waals surface area contributed by atoms with Gasteiger partial charge >= 0.3 is 6.18 Å². The molecule has 6 nitrogen and oxygen atoms in total. The molecule has 0 unspecified atom stereocenters. The molecule has 0 radical (unpaired) electrons. The first kappa shape index (κ1) is 16.4. The van der Waals surface area contributed by atoms with Gasteiger partial charge in [-0.3, -0.25) is 4.79 Å². The van der Waals surface area contributed by atoms with Crippen LogP contribution in [-0.2, 0) is 14.8 Å². The van der Waals surface area contributed by atoms with Crippen LogP contribution in [-0.4, -0.2) is 20.5 Å². The Morgan fingerprint density at radius 3 is 2.45 bits per heavy atom. The molecule has 22 heavy (non-hydrogen) atoms. The van der Waals surface area contributed by atoms with Crippen LogP contribution in [0.2, 0.25) is 0 Å². The topological polar surface area (TPSA) is 88.4 Å². The Morgan fingerprint density at radius 2 is 2.00 bits per heavy atom. The summed E-state index contributed by atoms with van der Waals surface area (Å²) in [6, 6.07) is 2.40. The third-order valence-corrected chi connectivity index (χ3v) is 4.47. The minimum absolute atomic E-state index is 0.287. The highest BCUT2D eigenvalue weighted by molar-refractivity contribution is 7.94. The first-order valence-corrected chi connectivity index (χ1v) is 7.76. The van der Waals surface area contributed by atoms with Gasteiger partial charge in [0.1, 0.15) is 17.2 Å². The van der Waals surface area contributed by atoms with Crippen LogP contribution >= 0.6 is 0 Å². The zero-order valence-corrected chi connectivity index (χ0v) is 12.4. The predicted molar refractivity (Wildman–Crippen MR) is 69.8 cm³/mol. The van der Waals surface area contributed by atoms with Gasteiger partial charge in [0, 0.05) is 0 Å². The minimum Gasteiger partial charge on any atom is -0.464 e. The predicted octanol–water partition coefficient (Wildman–Crippen LogP) is 1.86. The molecular formula is C12H13F3N2O4S. The zero-order chi connectivity index (χ0) is 16.7. The van der Waals surface area contributed by atoms with E-state index in [0.29, 0.717) is 11.5 Å². The first-order valence-electron chi connectivity index (χ1n) is 6.27. The van der Waals surface area contributed by atoms with Crippen molar-refractivity contribution in [2.24, 2.45) is 0 Å². The molecule has 122 valence electrons. The summed E-state index contributed by atoms with van der Waals surface area (Å²) in [6.07, 6.45) is -4.90. The monoisotopic (exact) mass is 338 g/mol. The Labute approximate surface area is 124 Å². The summed E-state index contributed by atoms with van der Waals surface area (Å²) in [5.74, 6) is -0.482. The van der Waals surface area contributed by atoms with Gasteiger partial charge in [0.25, 0.3) is 15.9 Å². The van der Waals surface area contributed by atoms with Gasteiger partial charge < -0.3 is 9.73 Å². The maximum Gasteiger partial charge on any atom is 0.431 e. The summed E-state index contributed by atoms with van der Waals surface area (Å²) in [7, 11) is -4.91. The molecule has 1 aliphatic heterocycles. The molecule has 0 bridgehead atoms. The highest BCUT2D eigenvalue weighted by Gasteiger charge is 2.52. The highest BCUT2D eigenvalue weighted by atomic mass is 32.2. The van der Waals surface area contributed by atoms with Crippen LogP contribution in [0.15, 0.2) is 27.2 Å². The number of aryl methyl sites for hydroxylation is 1. The molecular weight excluding hydrogens is 325 g/mol. The van der Waals surface area contributed by atoms with E-state index < -0.39 is 38.8 Å². The van der Waals surface area contributed by atoms with Gasteiger partial charge in [0.15, 0.2) is 4.91 Å². The normalized spacial score (nSPS) is 19.2. The molecule has 0 fully saturated rings. The molecule has 0 saturated heterocycles. The Morgan fingerprint density at radius 1 is 1.36 bits per heavy atom. The molecule has 2 N–H and O–H groups in total. The van der Waals surface area contributed by atoms with E-state index in [2.05, 4.69) is 5.32 Å². The number of hydrogen-bond acceptors (Lipinski definition) is 5. The second kappa shape index (κ2) is 5.34. The van der Waals surface area contributed by atoms with Crippen LogP contribution in [0.5, 0.6) is 0 Å². The van der Waals surface area contributed by atoms with Crippen molar-refractivity contribution in [3.05, 3.63) is 34.3 Å². The van der Waals surface area contributed by atoms with Gasteiger partial charge in [-0.15, -0.1) is 0 Å². The number of amides is 1. The van der Waals surface area contributed by atoms with Crippen molar-refractivity contribution in [1.82, 2.24) is 10.0 Å². The lowest BCUT2D eigenvalue weighted by molar-refractivity contribution is -0.116. The Hall–Kier alpha value is -1.97. The molecule has 2 heterocycles. The van der Waals surface area contributed by atoms with Crippen molar-refractivity contribution in [1.29, 1.82) is 0 Å². The fourth-order valence-electron chi connectivity index (χ4n) is 2.08. The van der Waals surface area contributed by atoms with Crippen molar-refractivity contribution in [2.75, 3.05) is 0 Å². The Kier molecular flexibility index (Phi) is 3.98. The van der Waals surface area contributed by atoms with Crippen molar-refractivity contribution in [2.45, 2.75) is 32.5 Å². The summed E-state index contributed by atoms with van der Waals surface area (Å²) in [6.45, 7) is 3.31. The van der Waals surface area contributed by atoms with E-state index in [1.807, 2.05) is 0 Å². The molecule has 2 rings (SSSR count). The van der Waals surface area contributed by atoms with Crippen molar-refractivity contribution in [3.8, 4) is 0 Å². The number of furan rings is 1. The van der Waals surface area contributed by atoms with Crippen LogP contribution in [0.25, 0.3) is 0 Å². The smallest absolute Gasteiger partial charge is 0.431 e. The summed E-state index contributed by atoms with van der Waals surface area (Å²) < 4.78 is 68.4. The molecule has 1 aliphatic rings. The molecule has 1 aromatic heterocycles. The average Bonchev–Trinajstić information content (AvgIpc) is 2.86. The summed E-state index contributed by atoms with van der Waals surface area (Å²) in [5, 5.41) is 2.33. The third-order valence-electron chi connectivity index (χ3n) is 3.04. The summed E-state index contributed by atoms with van der Waals surface area (Å²) in [4.78, 5) is 9.68. The quantitative estimate of drug-likeness (QED) is 0.875.